The fraction of sp³-hybridized carbons (Fsp3) is 0.278. The maximum Gasteiger partial charge on any atom is 0.186 e. The van der Waals surface area contributed by atoms with Crippen LogP contribution in [0.2, 0.25) is 0 Å². The SMILES string of the molecule is CCCCCOc1ccc(/C=N\Nc2c(F)c(F)cc(F)c2F)cc1. The summed E-state index contributed by atoms with van der Waals surface area (Å²) in [5.41, 5.74) is 1.62. The predicted molar refractivity (Wildman–Crippen MR) is 89.0 cm³/mol. The first-order valence-corrected chi connectivity index (χ1v) is 7.88. The number of ether oxygens (including phenoxy) is 1. The largest absolute Gasteiger partial charge is 0.494 e. The number of benzene rings is 2. The van der Waals surface area contributed by atoms with Crippen LogP contribution >= 0.6 is 0 Å². The molecule has 0 aliphatic rings. The van der Waals surface area contributed by atoms with Gasteiger partial charge in [-0.2, -0.15) is 5.10 Å². The van der Waals surface area contributed by atoms with Crippen molar-refractivity contribution in [2.24, 2.45) is 5.10 Å². The minimum absolute atomic E-state index is 0.138. The van der Waals surface area contributed by atoms with Crippen molar-refractivity contribution in [3.8, 4) is 5.75 Å². The molecule has 7 heteroatoms. The first-order chi connectivity index (χ1) is 12.0. The van der Waals surface area contributed by atoms with Crippen molar-refractivity contribution in [1.82, 2.24) is 0 Å². The minimum atomic E-state index is -1.54. The molecule has 0 aliphatic carbocycles. The van der Waals surface area contributed by atoms with Crippen molar-refractivity contribution < 1.29 is 22.3 Å². The second-order valence-corrected chi connectivity index (χ2v) is 5.34. The van der Waals surface area contributed by atoms with E-state index in [4.69, 9.17) is 4.74 Å². The van der Waals surface area contributed by atoms with Gasteiger partial charge in [0.25, 0.3) is 0 Å². The number of nitrogens with one attached hydrogen (secondary N) is 1. The van der Waals surface area contributed by atoms with Gasteiger partial charge in [-0.15, -0.1) is 0 Å². The third-order valence-electron chi connectivity index (χ3n) is 3.40. The third kappa shape index (κ3) is 5.20. The number of anilines is 1. The van der Waals surface area contributed by atoms with Crippen molar-refractivity contribution >= 4 is 11.9 Å². The van der Waals surface area contributed by atoms with Gasteiger partial charge in [-0.3, -0.25) is 5.43 Å². The summed E-state index contributed by atoms with van der Waals surface area (Å²) in [5, 5.41) is 3.60. The van der Waals surface area contributed by atoms with Gasteiger partial charge in [0.15, 0.2) is 23.3 Å². The highest BCUT2D eigenvalue weighted by Gasteiger charge is 2.18. The first kappa shape index (κ1) is 18.8. The van der Waals surface area contributed by atoms with E-state index in [-0.39, 0.29) is 6.07 Å². The molecule has 0 saturated heterocycles. The predicted octanol–water partition coefficient (Wildman–Crippen LogP) is 5.26. The van der Waals surface area contributed by atoms with Crippen LogP contribution < -0.4 is 10.2 Å². The van der Waals surface area contributed by atoms with E-state index >= 15 is 0 Å². The van der Waals surface area contributed by atoms with Crippen molar-refractivity contribution in [3.05, 3.63) is 59.2 Å². The van der Waals surface area contributed by atoms with Crippen molar-refractivity contribution in [3.63, 3.8) is 0 Å². The van der Waals surface area contributed by atoms with Crippen LogP contribution in [0, 0.1) is 23.3 Å². The summed E-state index contributed by atoms with van der Waals surface area (Å²) in [4.78, 5) is 0. The Balaban J connectivity index is 1.97. The smallest absolute Gasteiger partial charge is 0.186 e. The van der Waals surface area contributed by atoms with Crippen molar-refractivity contribution in [2.75, 3.05) is 12.0 Å². The van der Waals surface area contributed by atoms with E-state index in [1.807, 2.05) is 5.43 Å². The molecule has 134 valence electrons. The second kappa shape index (κ2) is 9.05. The lowest BCUT2D eigenvalue weighted by molar-refractivity contribution is 0.306. The summed E-state index contributed by atoms with van der Waals surface area (Å²) in [6.07, 6.45) is 4.46. The number of hydrogen-bond acceptors (Lipinski definition) is 3. The lowest BCUT2D eigenvalue weighted by Crippen LogP contribution is -2.02. The van der Waals surface area contributed by atoms with E-state index in [1.54, 1.807) is 24.3 Å². The zero-order chi connectivity index (χ0) is 18.2. The van der Waals surface area contributed by atoms with Crippen LogP contribution in [-0.4, -0.2) is 12.8 Å². The van der Waals surface area contributed by atoms with Gasteiger partial charge < -0.3 is 4.74 Å². The maximum atomic E-state index is 13.5. The molecule has 0 bridgehead atoms. The van der Waals surface area contributed by atoms with E-state index in [1.165, 1.54) is 6.21 Å². The molecular formula is C18H18F4N2O. The zero-order valence-corrected chi connectivity index (χ0v) is 13.7. The Bertz CT molecular complexity index is 707. The Morgan fingerprint density at radius 2 is 1.64 bits per heavy atom. The van der Waals surface area contributed by atoms with Gasteiger partial charge in [0.2, 0.25) is 0 Å². The van der Waals surface area contributed by atoms with E-state index in [0.29, 0.717) is 17.9 Å². The second-order valence-electron chi connectivity index (χ2n) is 5.34. The van der Waals surface area contributed by atoms with Gasteiger partial charge in [-0.1, -0.05) is 19.8 Å². The summed E-state index contributed by atoms with van der Waals surface area (Å²) in [6, 6.07) is 6.99. The Morgan fingerprint density at radius 1 is 1.00 bits per heavy atom. The minimum Gasteiger partial charge on any atom is -0.494 e. The van der Waals surface area contributed by atoms with E-state index < -0.39 is 29.0 Å². The molecule has 0 aromatic heterocycles. The Labute approximate surface area is 143 Å². The van der Waals surface area contributed by atoms with Crippen LogP contribution in [0.3, 0.4) is 0 Å². The highest BCUT2D eigenvalue weighted by Crippen LogP contribution is 2.24. The molecule has 3 nitrogen and oxygen atoms in total. The Hall–Kier alpha value is -2.57. The van der Waals surface area contributed by atoms with E-state index in [9.17, 15) is 17.6 Å². The number of halogens is 4. The Morgan fingerprint density at radius 3 is 2.24 bits per heavy atom. The van der Waals surface area contributed by atoms with Crippen molar-refractivity contribution in [2.45, 2.75) is 26.2 Å². The van der Waals surface area contributed by atoms with Gasteiger partial charge in [0, 0.05) is 6.07 Å². The highest BCUT2D eigenvalue weighted by molar-refractivity contribution is 5.80. The number of hydrazone groups is 1. The molecule has 0 heterocycles. The van der Waals surface area contributed by atoms with Gasteiger partial charge in [0.1, 0.15) is 11.4 Å². The molecule has 0 saturated carbocycles. The number of hydrogen-bond donors (Lipinski definition) is 1. The normalized spacial score (nSPS) is 11.1. The van der Waals surface area contributed by atoms with Crippen LogP contribution in [0.5, 0.6) is 5.75 Å². The first-order valence-electron chi connectivity index (χ1n) is 7.88. The molecule has 2 aromatic carbocycles. The molecule has 0 fully saturated rings. The monoisotopic (exact) mass is 354 g/mol. The van der Waals surface area contributed by atoms with Crippen LogP contribution in [0.1, 0.15) is 31.7 Å². The lowest BCUT2D eigenvalue weighted by atomic mass is 10.2. The van der Waals surface area contributed by atoms with Gasteiger partial charge >= 0.3 is 0 Å². The number of rotatable bonds is 8. The van der Waals surface area contributed by atoms with Gasteiger partial charge in [0.05, 0.1) is 12.8 Å². The van der Waals surface area contributed by atoms with Crippen molar-refractivity contribution in [1.29, 1.82) is 0 Å². The maximum absolute atomic E-state index is 13.5. The van der Waals surface area contributed by atoms with E-state index in [2.05, 4.69) is 12.0 Å². The lowest BCUT2D eigenvalue weighted by Gasteiger charge is -2.06. The standard InChI is InChI=1S/C18H18F4N2O/c1-2-3-4-9-25-13-7-5-12(6-8-13)11-23-24-18-16(21)14(19)10-15(20)17(18)22/h5-8,10-11,24H,2-4,9H2,1H3/b23-11-. The molecular weight excluding hydrogens is 336 g/mol. The summed E-state index contributed by atoms with van der Waals surface area (Å²) < 4.78 is 58.6. The highest BCUT2D eigenvalue weighted by atomic mass is 19.2. The fourth-order valence-electron chi connectivity index (χ4n) is 2.03. The quantitative estimate of drug-likeness (QED) is 0.231. The van der Waals surface area contributed by atoms with Crippen LogP contribution in [0.25, 0.3) is 0 Å². The third-order valence-corrected chi connectivity index (χ3v) is 3.40. The molecule has 2 aromatic rings. The molecule has 2 rings (SSSR count). The molecule has 1 N–H and O–H groups in total. The van der Waals surface area contributed by atoms with Gasteiger partial charge in [-0.25, -0.2) is 17.6 Å². The number of unbranched alkanes of at least 4 members (excludes halogenated alkanes) is 2. The summed E-state index contributed by atoms with van der Waals surface area (Å²) >= 11 is 0. The summed E-state index contributed by atoms with van der Waals surface area (Å²) in [7, 11) is 0. The average Bonchev–Trinajstić information content (AvgIpc) is 2.61. The van der Waals surface area contributed by atoms with Crippen LogP contribution in [-0.2, 0) is 0 Å². The van der Waals surface area contributed by atoms with Crippen LogP contribution in [0.15, 0.2) is 35.4 Å². The average molecular weight is 354 g/mol. The zero-order valence-electron chi connectivity index (χ0n) is 13.7. The molecule has 0 amide bonds. The molecule has 0 spiro atoms. The van der Waals surface area contributed by atoms with Crippen LogP contribution in [0.4, 0.5) is 23.2 Å². The molecule has 0 aliphatic heterocycles. The number of nitrogens with zero attached hydrogens (tertiary/aromatic N) is 1. The molecule has 0 atom stereocenters. The Kier molecular flexibility index (Phi) is 6.80. The molecule has 0 unspecified atom stereocenters. The summed E-state index contributed by atoms with van der Waals surface area (Å²) in [5.74, 6) is -5.37. The molecule has 25 heavy (non-hydrogen) atoms. The fourth-order valence-corrected chi connectivity index (χ4v) is 2.03. The summed E-state index contributed by atoms with van der Waals surface area (Å²) in [6.45, 7) is 2.74. The van der Waals surface area contributed by atoms with Gasteiger partial charge in [-0.05, 0) is 36.2 Å². The van der Waals surface area contributed by atoms with E-state index in [0.717, 1.165) is 19.3 Å². The topological polar surface area (TPSA) is 33.6 Å². The molecule has 0 radical (unpaired) electrons.